The van der Waals surface area contributed by atoms with Gasteiger partial charge in [0.1, 0.15) is 0 Å². The Kier molecular flexibility index (Phi) is 2.93. The molecule has 1 aliphatic carbocycles. The van der Waals surface area contributed by atoms with Crippen molar-refractivity contribution >= 4 is 5.78 Å². The maximum Gasteiger partial charge on any atom is 0.168 e. The second kappa shape index (κ2) is 4.81. The molecule has 0 aromatic heterocycles. The summed E-state index contributed by atoms with van der Waals surface area (Å²) in [6.45, 7) is 3.05. The molecule has 2 heteroatoms. The zero-order valence-corrected chi connectivity index (χ0v) is 12.2. The average molecular weight is 277 g/mol. The van der Waals surface area contributed by atoms with Gasteiger partial charge >= 0.3 is 0 Å². The number of carbonyl (C=O) groups excluding carboxylic acids is 1. The van der Waals surface area contributed by atoms with Crippen molar-refractivity contribution in [3.8, 4) is 0 Å². The first kappa shape index (κ1) is 12.8. The normalized spacial score (nSPS) is 26.7. The van der Waals surface area contributed by atoms with Gasteiger partial charge in [0, 0.05) is 30.0 Å². The Balaban J connectivity index is 1.66. The Bertz CT molecular complexity index is 692. The number of rotatable bonds is 2. The molecule has 2 aliphatic rings. The quantitative estimate of drug-likeness (QED) is 0.914. The van der Waals surface area contributed by atoms with Gasteiger partial charge in [-0.1, -0.05) is 48.5 Å². The molecule has 2 aromatic carbocycles. The van der Waals surface area contributed by atoms with E-state index in [0.717, 1.165) is 18.5 Å². The summed E-state index contributed by atoms with van der Waals surface area (Å²) >= 11 is 0. The monoisotopic (exact) mass is 277 g/mol. The van der Waals surface area contributed by atoms with Gasteiger partial charge in [0.05, 0.1) is 0 Å². The van der Waals surface area contributed by atoms with E-state index in [1.807, 2.05) is 18.2 Å². The SMILES string of the molecule is Cc1cccc2c1C1CNC(Cc3ccccc3)C1C2=O. The van der Waals surface area contributed by atoms with Crippen LogP contribution in [0, 0.1) is 12.8 Å². The van der Waals surface area contributed by atoms with Gasteiger partial charge in [-0.15, -0.1) is 0 Å². The summed E-state index contributed by atoms with van der Waals surface area (Å²) in [5.74, 6) is 0.813. The summed E-state index contributed by atoms with van der Waals surface area (Å²) in [6.07, 6.45) is 0.931. The summed E-state index contributed by atoms with van der Waals surface area (Å²) in [5.41, 5.74) is 4.81. The molecule has 1 heterocycles. The minimum Gasteiger partial charge on any atom is -0.312 e. The molecule has 0 amide bonds. The summed E-state index contributed by atoms with van der Waals surface area (Å²) in [6, 6.07) is 16.9. The van der Waals surface area contributed by atoms with E-state index in [9.17, 15) is 4.79 Å². The summed E-state index contributed by atoms with van der Waals surface area (Å²) < 4.78 is 0. The van der Waals surface area contributed by atoms with E-state index < -0.39 is 0 Å². The Morgan fingerprint density at radius 1 is 1.10 bits per heavy atom. The Morgan fingerprint density at radius 3 is 2.71 bits per heavy atom. The fourth-order valence-electron chi connectivity index (χ4n) is 4.09. The first-order chi connectivity index (χ1) is 10.3. The van der Waals surface area contributed by atoms with Crippen LogP contribution in [-0.4, -0.2) is 18.4 Å². The lowest BCUT2D eigenvalue weighted by atomic mass is 9.87. The van der Waals surface area contributed by atoms with Gasteiger partial charge in [-0.05, 0) is 30.0 Å². The summed E-state index contributed by atoms with van der Waals surface area (Å²) in [5, 5.41) is 3.58. The average Bonchev–Trinajstić information content (AvgIpc) is 3.02. The molecule has 2 aromatic rings. The fraction of sp³-hybridized carbons (Fsp3) is 0.316. The Morgan fingerprint density at radius 2 is 1.90 bits per heavy atom. The molecule has 1 aliphatic heterocycles. The molecular weight excluding hydrogens is 258 g/mol. The van der Waals surface area contributed by atoms with Crippen molar-refractivity contribution in [1.82, 2.24) is 5.32 Å². The maximum atomic E-state index is 12.8. The van der Waals surface area contributed by atoms with E-state index in [0.29, 0.717) is 11.7 Å². The van der Waals surface area contributed by atoms with Crippen molar-refractivity contribution in [3.05, 3.63) is 70.8 Å². The Labute approximate surface area is 125 Å². The number of ketones is 1. The van der Waals surface area contributed by atoms with E-state index >= 15 is 0 Å². The highest BCUT2D eigenvalue weighted by Gasteiger charge is 2.48. The molecule has 0 saturated carbocycles. The van der Waals surface area contributed by atoms with E-state index in [1.54, 1.807) is 0 Å². The molecule has 21 heavy (non-hydrogen) atoms. The van der Waals surface area contributed by atoms with Crippen LogP contribution in [-0.2, 0) is 6.42 Å². The van der Waals surface area contributed by atoms with Crippen LogP contribution in [0.3, 0.4) is 0 Å². The van der Waals surface area contributed by atoms with Crippen LogP contribution in [0.25, 0.3) is 0 Å². The zero-order chi connectivity index (χ0) is 14.4. The molecule has 106 valence electrons. The van der Waals surface area contributed by atoms with Crippen molar-refractivity contribution in [2.45, 2.75) is 25.3 Å². The van der Waals surface area contributed by atoms with E-state index in [2.05, 4.69) is 42.6 Å². The predicted octanol–water partition coefficient (Wildman–Crippen LogP) is 3.11. The van der Waals surface area contributed by atoms with Crippen molar-refractivity contribution < 1.29 is 4.79 Å². The highest BCUT2D eigenvalue weighted by atomic mass is 16.1. The second-order valence-electron chi connectivity index (χ2n) is 6.24. The third-order valence-corrected chi connectivity index (χ3v) is 5.03. The number of fused-ring (bicyclic) bond motifs is 3. The number of nitrogens with one attached hydrogen (secondary N) is 1. The van der Waals surface area contributed by atoms with Crippen LogP contribution in [0.2, 0.25) is 0 Å². The largest absolute Gasteiger partial charge is 0.312 e. The molecule has 1 N–H and O–H groups in total. The number of hydrogen-bond donors (Lipinski definition) is 1. The molecule has 3 atom stereocenters. The van der Waals surface area contributed by atoms with Gasteiger partial charge in [-0.2, -0.15) is 0 Å². The van der Waals surface area contributed by atoms with Crippen LogP contribution in [0.1, 0.15) is 33.0 Å². The van der Waals surface area contributed by atoms with Gasteiger partial charge < -0.3 is 5.32 Å². The lowest BCUT2D eigenvalue weighted by molar-refractivity contribution is 0.0920. The molecule has 0 spiro atoms. The van der Waals surface area contributed by atoms with Gasteiger partial charge in [-0.3, -0.25) is 4.79 Å². The first-order valence-electron chi connectivity index (χ1n) is 7.67. The van der Waals surface area contributed by atoms with E-state index in [4.69, 9.17) is 0 Å². The van der Waals surface area contributed by atoms with Crippen molar-refractivity contribution in [2.75, 3.05) is 6.54 Å². The molecule has 0 bridgehead atoms. The Hall–Kier alpha value is -1.93. The molecule has 2 nitrogen and oxygen atoms in total. The number of carbonyl (C=O) groups is 1. The summed E-state index contributed by atoms with van der Waals surface area (Å²) in [7, 11) is 0. The fourth-order valence-corrected chi connectivity index (χ4v) is 4.09. The maximum absolute atomic E-state index is 12.8. The number of aryl methyl sites for hydroxylation is 1. The smallest absolute Gasteiger partial charge is 0.168 e. The zero-order valence-electron chi connectivity index (χ0n) is 12.2. The first-order valence-corrected chi connectivity index (χ1v) is 7.67. The van der Waals surface area contributed by atoms with Crippen molar-refractivity contribution in [1.29, 1.82) is 0 Å². The standard InChI is InChI=1S/C19H19NO/c1-12-6-5-9-14-17(12)15-11-20-16(18(15)19(14)21)10-13-7-3-2-4-8-13/h2-9,15-16,18,20H,10-11H2,1H3. The number of Topliss-reactive ketones (excluding diaryl/α,β-unsaturated/α-hetero) is 1. The van der Waals surface area contributed by atoms with Gasteiger partial charge in [0.15, 0.2) is 5.78 Å². The molecule has 3 unspecified atom stereocenters. The molecule has 1 saturated heterocycles. The molecule has 1 fully saturated rings. The van der Waals surface area contributed by atoms with Gasteiger partial charge in [-0.25, -0.2) is 0 Å². The van der Waals surface area contributed by atoms with Crippen LogP contribution >= 0.6 is 0 Å². The number of hydrogen-bond acceptors (Lipinski definition) is 2. The highest BCUT2D eigenvalue weighted by Crippen LogP contribution is 2.44. The van der Waals surface area contributed by atoms with E-state index in [1.165, 1.54) is 16.7 Å². The lowest BCUT2D eigenvalue weighted by Gasteiger charge is -2.17. The molecular formula is C19H19NO. The number of benzene rings is 2. The molecule has 4 rings (SSSR count). The van der Waals surface area contributed by atoms with Crippen molar-refractivity contribution in [3.63, 3.8) is 0 Å². The van der Waals surface area contributed by atoms with Crippen LogP contribution in [0.4, 0.5) is 0 Å². The van der Waals surface area contributed by atoms with E-state index in [-0.39, 0.29) is 12.0 Å². The molecule has 0 radical (unpaired) electrons. The third kappa shape index (κ3) is 1.94. The van der Waals surface area contributed by atoms with Crippen LogP contribution in [0.5, 0.6) is 0 Å². The minimum atomic E-state index is 0.112. The van der Waals surface area contributed by atoms with Crippen LogP contribution in [0.15, 0.2) is 48.5 Å². The van der Waals surface area contributed by atoms with Gasteiger partial charge in [0.2, 0.25) is 0 Å². The third-order valence-electron chi connectivity index (χ3n) is 5.03. The predicted molar refractivity (Wildman–Crippen MR) is 83.7 cm³/mol. The van der Waals surface area contributed by atoms with Crippen LogP contribution < -0.4 is 5.32 Å². The second-order valence-corrected chi connectivity index (χ2v) is 6.24. The van der Waals surface area contributed by atoms with Crippen molar-refractivity contribution in [2.24, 2.45) is 5.92 Å². The highest BCUT2D eigenvalue weighted by molar-refractivity contribution is 6.04. The topological polar surface area (TPSA) is 29.1 Å². The van der Waals surface area contributed by atoms with Gasteiger partial charge in [0.25, 0.3) is 0 Å². The minimum absolute atomic E-state index is 0.112. The summed E-state index contributed by atoms with van der Waals surface area (Å²) in [4.78, 5) is 12.8. The lowest BCUT2D eigenvalue weighted by Crippen LogP contribution is -2.32.